The number of benzene rings is 3. The van der Waals surface area contributed by atoms with Gasteiger partial charge in [-0.15, -0.1) is 0 Å². The van der Waals surface area contributed by atoms with E-state index < -0.39 is 0 Å². The first-order valence-electron chi connectivity index (χ1n) is 13.7. The molecule has 0 fully saturated rings. The van der Waals surface area contributed by atoms with Crippen LogP contribution >= 0.6 is 0 Å². The zero-order valence-electron chi connectivity index (χ0n) is 23.5. The Morgan fingerprint density at radius 2 is 1.54 bits per heavy atom. The summed E-state index contributed by atoms with van der Waals surface area (Å²) in [6, 6.07) is 28.8. The van der Waals surface area contributed by atoms with E-state index in [9.17, 15) is 4.79 Å². The second-order valence-electron chi connectivity index (χ2n) is 10.3. The molecule has 0 unspecified atom stereocenters. The third-order valence-corrected chi connectivity index (χ3v) is 6.88. The van der Waals surface area contributed by atoms with Crippen LogP contribution in [0.2, 0.25) is 0 Å². The van der Waals surface area contributed by atoms with E-state index >= 15 is 0 Å². The third-order valence-electron chi connectivity index (χ3n) is 6.88. The number of hydrogen-bond donors (Lipinski definition) is 0. The number of allylic oxidation sites excluding steroid dienone is 4. The van der Waals surface area contributed by atoms with Gasteiger partial charge in [0.05, 0.1) is 23.6 Å². The Bertz CT molecular complexity index is 1410. The lowest BCUT2D eigenvalue weighted by molar-refractivity contribution is 0.240. The topological polar surface area (TPSA) is 38.1 Å². The smallest absolute Gasteiger partial charge is 0.258 e. The van der Waals surface area contributed by atoms with Gasteiger partial charge in [-0.2, -0.15) is 0 Å². The number of hydrogen-bond acceptors (Lipinski definition) is 3. The van der Waals surface area contributed by atoms with Gasteiger partial charge in [-0.05, 0) is 44.4 Å². The zero-order valence-corrected chi connectivity index (χ0v) is 23.5. The van der Waals surface area contributed by atoms with Crippen molar-refractivity contribution in [2.75, 3.05) is 6.54 Å². The van der Waals surface area contributed by atoms with Crippen molar-refractivity contribution < 1.29 is 0 Å². The Labute approximate surface area is 233 Å². The van der Waals surface area contributed by atoms with E-state index in [-0.39, 0.29) is 11.6 Å². The number of nitrogens with zero attached hydrogens (tertiary/aromatic N) is 3. The molecule has 0 N–H and O–H groups in total. The van der Waals surface area contributed by atoms with Crippen molar-refractivity contribution in [1.29, 1.82) is 0 Å². The first-order valence-corrected chi connectivity index (χ1v) is 13.7. The molecule has 4 aromatic rings. The SMILES string of the molecule is C/C=C\C=C(C)C.Cc1ccc(CN2CCc3ncn(C(c4ccccc4)c4ccccc4)c(=O)c3C2)cc1. The second kappa shape index (κ2) is 13.7. The minimum absolute atomic E-state index is 0.0568. The van der Waals surface area contributed by atoms with Crippen LogP contribution in [0.25, 0.3) is 0 Å². The average molecular weight is 518 g/mol. The molecule has 0 bridgehead atoms. The predicted octanol–water partition coefficient (Wildman–Crippen LogP) is 7.28. The quantitative estimate of drug-likeness (QED) is 0.252. The molecule has 1 aliphatic heterocycles. The molecule has 0 saturated carbocycles. The summed E-state index contributed by atoms with van der Waals surface area (Å²) < 4.78 is 1.80. The van der Waals surface area contributed by atoms with E-state index in [1.165, 1.54) is 16.7 Å². The molecule has 0 saturated heterocycles. The minimum atomic E-state index is -0.199. The molecular weight excluding hydrogens is 478 g/mol. The summed E-state index contributed by atoms with van der Waals surface area (Å²) in [5.74, 6) is 0. The summed E-state index contributed by atoms with van der Waals surface area (Å²) in [6.45, 7) is 10.7. The van der Waals surface area contributed by atoms with Crippen LogP contribution in [-0.2, 0) is 19.5 Å². The molecule has 1 aliphatic rings. The monoisotopic (exact) mass is 517 g/mol. The van der Waals surface area contributed by atoms with E-state index in [0.29, 0.717) is 6.54 Å². The number of aryl methyl sites for hydroxylation is 1. The molecular formula is C35H39N3O. The van der Waals surface area contributed by atoms with E-state index in [0.717, 1.165) is 41.9 Å². The van der Waals surface area contributed by atoms with Gasteiger partial charge in [-0.1, -0.05) is 114 Å². The predicted molar refractivity (Wildman–Crippen MR) is 162 cm³/mol. The van der Waals surface area contributed by atoms with E-state index in [4.69, 9.17) is 4.98 Å². The molecule has 0 aliphatic carbocycles. The molecule has 4 nitrogen and oxygen atoms in total. The van der Waals surface area contributed by atoms with Crippen molar-refractivity contribution >= 4 is 0 Å². The molecule has 0 atom stereocenters. The van der Waals surface area contributed by atoms with Crippen molar-refractivity contribution in [3.8, 4) is 0 Å². The van der Waals surface area contributed by atoms with E-state index in [2.05, 4.69) is 80.3 Å². The van der Waals surface area contributed by atoms with Gasteiger partial charge in [-0.3, -0.25) is 14.3 Å². The number of aromatic nitrogens is 2. The standard InChI is InChI=1S/C28H27N3O.C7H12/c1-21-12-14-22(15-13-21)18-30-17-16-26-25(19-30)28(32)31(20-29-26)27(23-8-4-2-5-9-23)24-10-6-3-7-11-24;1-4-5-6-7(2)3/h2-15,20,27H,16-19H2,1H3;4-6H,1-3H3/b;5-4-. The van der Waals surface area contributed by atoms with Crippen LogP contribution in [0.5, 0.6) is 0 Å². The molecule has 0 radical (unpaired) electrons. The fourth-order valence-electron chi connectivity index (χ4n) is 4.83. The summed E-state index contributed by atoms with van der Waals surface area (Å²) in [7, 11) is 0. The molecule has 0 amide bonds. The molecule has 5 rings (SSSR count). The van der Waals surface area contributed by atoms with Crippen LogP contribution in [-0.4, -0.2) is 21.0 Å². The normalized spacial score (nSPS) is 13.1. The van der Waals surface area contributed by atoms with Crippen molar-refractivity contribution in [2.45, 2.75) is 53.2 Å². The van der Waals surface area contributed by atoms with Gasteiger partial charge < -0.3 is 0 Å². The highest BCUT2D eigenvalue weighted by Gasteiger charge is 2.25. The second-order valence-corrected chi connectivity index (χ2v) is 10.3. The summed E-state index contributed by atoms with van der Waals surface area (Å²) in [4.78, 5) is 20.8. The molecule has 0 spiro atoms. The molecule has 4 heteroatoms. The summed E-state index contributed by atoms with van der Waals surface area (Å²) >= 11 is 0. The maximum atomic E-state index is 13.7. The molecule has 1 aromatic heterocycles. The van der Waals surface area contributed by atoms with Gasteiger partial charge in [0.25, 0.3) is 5.56 Å². The Kier molecular flexibility index (Phi) is 9.82. The van der Waals surface area contributed by atoms with E-state index in [1.807, 2.05) is 55.5 Å². The first kappa shape index (κ1) is 28.0. The molecule has 3 aromatic carbocycles. The van der Waals surface area contributed by atoms with Crippen LogP contribution in [0.15, 0.2) is 120 Å². The first-order chi connectivity index (χ1) is 19.0. The molecule has 39 heavy (non-hydrogen) atoms. The van der Waals surface area contributed by atoms with Crippen molar-refractivity contribution in [3.05, 3.63) is 159 Å². The van der Waals surface area contributed by atoms with Crippen LogP contribution < -0.4 is 5.56 Å². The van der Waals surface area contributed by atoms with Gasteiger partial charge in [0.2, 0.25) is 0 Å². The Morgan fingerprint density at radius 3 is 2.08 bits per heavy atom. The highest BCUT2D eigenvalue weighted by Crippen LogP contribution is 2.26. The Hall–Kier alpha value is -4.02. The maximum Gasteiger partial charge on any atom is 0.258 e. The van der Waals surface area contributed by atoms with Gasteiger partial charge in [0.1, 0.15) is 0 Å². The van der Waals surface area contributed by atoms with Crippen molar-refractivity contribution in [2.24, 2.45) is 0 Å². The van der Waals surface area contributed by atoms with Gasteiger partial charge in [0.15, 0.2) is 0 Å². The zero-order chi connectivity index (χ0) is 27.6. The highest BCUT2D eigenvalue weighted by atomic mass is 16.1. The highest BCUT2D eigenvalue weighted by molar-refractivity contribution is 5.34. The summed E-state index contributed by atoms with van der Waals surface area (Å²) in [6.07, 6.45) is 8.68. The lowest BCUT2D eigenvalue weighted by Gasteiger charge is -2.29. The minimum Gasteiger partial charge on any atom is -0.294 e. The van der Waals surface area contributed by atoms with Crippen LogP contribution in [0.1, 0.15) is 60.3 Å². The number of rotatable bonds is 6. The van der Waals surface area contributed by atoms with Gasteiger partial charge in [0, 0.05) is 26.1 Å². The van der Waals surface area contributed by atoms with Crippen LogP contribution in [0.3, 0.4) is 0 Å². The van der Waals surface area contributed by atoms with Crippen molar-refractivity contribution in [1.82, 2.24) is 14.5 Å². The molecule has 200 valence electrons. The summed E-state index contributed by atoms with van der Waals surface area (Å²) in [5.41, 5.74) is 7.85. The van der Waals surface area contributed by atoms with Crippen LogP contribution in [0, 0.1) is 6.92 Å². The third kappa shape index (κ3) is 7.52. The maximum absolute atomic E-state index is 13.7. The molecule has 2 heterocycles. The fraction of sp³-hybridized carbons (Fsp3) is 0.257. The average Bonchev–Trinajstić information content (AvgIpc) is 2.96. The lowest BCUT2D eigenvalue weighted by Crippen LogP contribution is -2.38. The fourth-order valence-corrected chi connectivity index (χ4v) is 4.83. The van der Waals surface area contributed by atoms with E-state index in [1.54, 1.807) is 10.9 Å². The Balaban J connectivity index is 0.000000448. The van der Waals surface area contributed by atoms with Gasteiger partial charge in [-0.25, -0.2) is 4.98 Å². The van der Waals surface area contributed by atoms with Gasteiger partial charge >= 0.3 is 0 Å². The lowest BCUT2D eigenvalue weighted by atomic mass is 9.98. The Morgan fingerprint density at radius 1 is 0.923 bits per heavy atom. The van der Waals surface area contributed by atoms with Crippen molar-refractivity contribution in [3.63, 3.8) is 0 Å². The van der Waals surface area contributed by atoms with Crippen LogP contribution in [0.4, 0.5) is 0 Å². The summed E-state index contributed by atoms with van der Waals surface area (Å²) in [5, 5.41) is 0. The number of fused-ring (bicyclic) bond motifs is 1. The largest absolute Gasteiger partial charge is 0.294 e.